The number of hydrazine groups is 1. The van der Waals surface area contributed by atoms with E-state index in [1.165, 1.54) is 18.7 Å². The van der Waals surface area contributed by atoms with E-state index in [2.05, 4.69) is 51.6 Å². The number of nitrogens with zero attached hydrogens (tertiary/aromatic N) is 5. The van der Waals surface area contributed by atoms with Crippen molar-refractivity contribution in [1.29, 1.82) is 0 Å². The highest BCUT2D eigenvalue weighted by Gasteiger charge is 2.33. The maximum atomic E-state index is 12.6. The number of carbonyl (C=O) groups is 1. The van der Waals surface area contributed by atoms with Gasteiger partial charge in [-0.2, -0.15) is 15.2 Å². The Morgan fingerprint density at radius 3 is 2.97 bits per heavy atom. The summed E-state index contributed by atoms with van der Waals surface area (Å²) in [6, 6.07) is 10.3. The molecule has 1 amide bonds. The van der Waals surface area contributed by atoms with Gasteiger partial charge in [0.2, 0.25) is 5.95 Å². The number of rotatable bonds is 5. The minimum Gasteiger partial charge on any atom is -0.351 e. The monoisotopic (exact) mass is 456 g/mol. The highest BCUT2D eigenvalue weighted by atomic mass is 16.1. The van der Waals surface area contributed by atoms with Gasteiger partial charge in [-0.15, -0.1) is 0 Å². The molecule has 1 saturated heterocycles. The zero-order valence-electron chi connectivity index (χ0n) is 18.3. The van der Waals surface area contributed by atoms with E-state index >= 15 is 0 Å². The lowest BCUT2D eigenvalue weighted by atomic mass is 9.83. The summed E-state index contributed by atoms with van der Waals surface area (Å²) < 4.78 is 0. The minimum atomic E-state index is -0.250. The third-order valence-electron chi connectivity index (χ3n) is 6.51. The Balaban J connectivity index is 1.19. The number of H-pyrrole nitrogens is 1. The van der Waals surface area contributed by atoms with Crippen LogP contribution in [0.5, 0.6) is 0 Å². The second-order valence-corrected chi connectivity index (χ2v) is 8.75. The third-order valence-corrected chi connectivity index (χ3v) is 6.51. The fourth-order valence-electron chi connectivity index (χ4n) is 4.77. The van der Waals surface area contributed by atoms with Crippen LogP contribution in [0.1, 0.15) is 29.8 Å². The van der Waals surface area contributed by atoms with Crippen LogP contribution in [0.15, 0.2) is 49.1 Å². The molecule has 4 heterocycles. The van der Waals surface area contributed by atoms with Gasteiger partial charge in [-0.3, -0.25) is 15.6 Å². The Labute approximate surface area is 195 Å². The lowest BCUT2D eigenvalue weighted by Gasteiger charge is -2.31. The number of aromatic amines is 1. The molecule has 0 radical (unpaired) electrons. The van der Waals surface area contributed by atoms with Gasteiger partial charge in [0.25, 0.3) is 5.91 Å². The highest BCUT2D eigenvalue weighted by molar-refractivity contribution is 6.06. The first kappa shape index (κ1) is 20.6. The number of hydrogen-bond acceptors (Lipinski definition) is 9. The molecule has 0 spiro atoms. The van der Waals surface area contributed by atoms with E-state index in [0.29, 0.717) is 41.2 Å². The number of nitrogens with one attached hydrogen (secondary N) is 5. The summed E-state index contributed by atoms with van der Waals surface area (Å²) >= 11 is 0. The average Bonchev–Trinajstić information content (AvgIpc) is 3.51. The van der Waals surface area contributed by atoms with Gasteiger partial charge < -0.3 is 15.6 Å². The van der Waals surface area contributed by atoms with Crippen molar-refractivity contribution in [2.45, 2.75) is 31.3 Å². The Hall–Kier alpha value is -3.96. The molecule has 6 rings (SSSR count). The molecular weight excluding hydrogens is 432 g/mol. The Morgan fingerprint density at radius 1 is 1.09 bits per heavy atom. The van der Waals surface area contributed by atoms with Crippen molar-refractivity contribution in [3.8, 4) is 11.4 Å². The Kier molecular flexibility index (Phi) is 5.32. The minimum absolute atomic E-state index is 0.250. The maximum absolute atomic E-state index is 12.6. The molecule has 3 unspecified atom stereocenters. The topological polar surface area (TPSA) is 145 Å². The summed E-state index contributed by atoms with van der Waals surface area (Å²) in [5, 5.41) is 14.7. The van der Waals surface area contributed by atoms with Gasteiger partial charge in [-0.05, 0) is 43.4 Å². The number of aromatic nitrogens is 6. The van der Waals surface area contributed by atoms with E-state index in [1.807, 2.05) is 24.3 Å². The van der Waals surface area contributed by atoms with Crippen LogP contribution in [-0.4, -0.2) is 54.7 Å². The molecule has 2 fully saturated rings. The fraction of sp³-hybridized carbons (Fsp3) is 0.304. The van der Waals surface area contributed by atoms with Crippen LogP contribution in [0, 0.1) is 5.92 Å². The molecule has 11 heteroatoms. The third kappa shape index (κ3) is 4.18. The summed E-state index contributed by atoms with van der Waals surface area (Å²) in [4.78, 5) is 29.2. The normalized spacial score (nSPS) is 21.8. The first-order valence-electron chi connectivity index (χ1n) is 11.4. The van der Waals surface area contributed by atoms with E-state index in [-0.39, 0.29) is 5.91 Å². The molecule has 11 nitrogen and oxygen atoms in total. The van der Waals surface area contributed by atoms with Gasteiger partial charge in [0.15, 0.2) is 5.82 Å². The van der Waals surface area contributed by atoms with Crippen LogP contribution < -0.4 is 21.5 Å². The van der Waals surface area contributed by atoms with Crippen molar-refractivity contribution in [1.82, 2.24) is 41.0 Å². The second kappa shape index (κ2) is 8.76. The Morgan fingerprint density at radius 2 is 2.06 bits per heavy atom. The average molecular weight is 457 g/mol. The fourth-order valence-corrected chi connectivity index (χ4v) is 4.77. The molecule has 34 heavy (non-hydrogen) atoms. The molecule has 3 atom stereocenters. The molecular formula is C23H24N10O. The molecule has 172 valence electrons. The molecule has 0 bridgehead atoms. The van der Waals surface area contributed by atoms with Gasteiger partial charge in [-0.1, -0.05) is 12.1 Å². The second-order valence-electron chi connectivity index (χ2n) is 8.75. The summed E-state index contributed by atoms with van der Waals surface area (Å²) in [6.07, 6.45) is 7.85. The first-order chi connectivity index (χ1) is 16.7. The van der Waals surface area contributed by atoms with E-state index in [4.69, 9.17) is 0 Å². The molecule has 1 aromatic carbocycles. The van der Waals surface area contributed by atoms with Crippen LogP contribution in [0.3, 0.4) is 0 Å². The Bertz CT molecular complexity index is 1320. The number of benzene rings is 1. The lowest BCUT2D eigenvalue weighted by molar-refractivity contribution is 0.102. The van der Waals surface area contributed by atoms with Gasteiger partial charge >= 0.3 is 0 Å². The predicted molar refractivity (Wildman–Crippen MR) is 127 cm³/mol. The molecule has 1 aliphatic carbocycles. The number of anilines is 2. The molecule has 3 aromatic heterocycles. The van der Waals surface area contributed by atoms with Gasteiger partial charge in [0.1, 0.15) is 12.0 Å². The van der Waals surface area contributed by atoms with E-state index in [9.17, 15) is 4.79 Å². The number of carbonyl (C=O) groups excluding carboxylic acids is 1. The van der Waals surface area contributed by atoms with Gasteiger partial charge in [-0.25, -0.2) is 9.97 Å². The van der Waals surface area contributed by atoms with E-state index in [0.717, 1.165) is 42.3 Å². The van der Waals surface area contributed by atoms with Crippen LogP contribution >= 0.6 is 0 Å². The largest absolute Gasteiger partial charge is 0.351 e. The van der Waals surface area contributed by atoms with Crippen LogP contribution in [0.2, 0.25) is 0 Å². The van der Waals surface area contributed by atoms with Crippen molar-refractivity contribution in [2.24, 2.45) is 5.92 Å². The molecule has 5 N–H and O–H groups in total. The van der Waals surface area contributed by atoms with Gasteiger partial charge in [0, 0.05) is 35.1 Å². The van der Waals surface area contributed by atoms with Crippen molar-refractivity contribution in [3.63, 3.8) is 0 Å². The van der Waals surface area contributed by atoms with Crippen LogP contribution in [-0.2, 0) is 0 Å². The summed E-state index contributed by atoms with van der Waals surface area (Å²) in [6.45, 7) is 1.00. The quantitative estimate of drug-likeness (QED) is 0.305. The number of hydrogen-bond donors (Lipinski definition) is 5. The zero-order chi connectivity index (χ0) is 22.9. The van der Waals surface area contributed by atoms with Crippen molar-refractivity contribution < 1.29 is 4.79 Å². The standard InChI is InChI=1S/C23H24N10O/c34-22(29-17-5-6-26-27-11-17)20-8-13-1-2-14(9-19(13)31-20)21-24-12-25-23(32-21)30-16-3-4-18-15(7-16)10-28-33-18/h1-2,5-6,8-9,11-12,15-16,18,28,31,33H,3-4,7,10H2,(H,26,29,34)(H,24,25,30,32). The SMILES string of the molecule is O=C(Nc1ccnnc1)c1cc2ccc(-c3ncnc(NC4CCC5NNCC5C4)n3)cc2[nH]1. The molecule has 2 aliphatic rings. The summed E-state index contributed by atoms with van der Waals surface area (Å²) in [5.41, 5.74) is 9.32. The number of amides is 1. The van der Waals surface area contributed by atoms with E-state index in [1.54, 1.807) is 6.07 Å². The van der Waals surface area contributed by atoms with Crippen LogP contribution in [0.25, 0.3) is 22.3 Å². The zero-order valence-corrected chi connectivity index (χ0v) is 18.3. The predicted octanol–water partition coefficient (Wildman–Crippen LogP) is 2.12. The van der Waals surface area contributed by atoms with Crippen LogP contribution in [0.4, 0.5) is 11.6 Å². The first-order valence-corrected chi connectivity index (χ1v) is 11.4. The van der Waals surface area contributed by atoms with Gasteiger partial charge in [0.05, 0.1) is 18.1 Å². The molecule has 1 saturated carbocycles. The molecule has 4 aromatic rings. The summed E-state index contributed by atoms with van der Waals surface area (Å²) in [5.74, 6) is 1.55. The van der Waals surface area contributed by atoms with E-state index < -0.39 is 0 Å². The van der Waals surface area contributed by atoms with Crippen molar-refractivity contribution >= 4 is 28.4 Å². The molecule has 1 aliphatic heterocycles. The van der Waals surface area contributed by atoms with Crippen molar-refractivity contribution in [2.75, 3.05) is 17.2 Å². The maximum Gasteiger partial charge on any atom is 0.272 e. The summed E-state index contributed by atoms with van der Waals surface area (Å²) in [7, 11) is 0. The number of fused-ring (bicyclic) bond motifs is 2. The smallest absolute Gasteiger partial charge is 0.272 e. The lowest BCUT2D eigenvalue weighted by Crippen LogP contribution is -2.39. The highest BCUT2D eigenvalue weighted by Crippen LogP contribution is 2.29. The van der Waals surface area contributed by atoms with Crippen molar-refractivity contribution in [3.05, 3.63) is 54.7 Å².